The Morgan fingerprint density at radius 3 is 2.59 bits per heavy atom. The summed E-state index contributed by atoms with van der Waals surface area (Å²) < 4.78 is 27.6. The molecule has 7 nitrogen and oxygen atoms in total. The standard InChI is InChI=1S/C21H25N3O4S/c1-2-21(26)24-13-11-17-14-18(8-9-19(17)24)29(27,28)23-12-10-20(25)22-15-16-6-4-3-5-7-16/h3-9,14,23H,2,10-13,15H2,1H3,(H,22,25). The molecule has 2 amide bonds. The summed E-state index contributed by atoms with van der Waals surface area (Å²) in [6, 6.07) is 14.3. The Morgan fingerprint density at radius 2 is 1.86 bits per heavy atom. The quantitative estimate of drug-likeness (QED) is 0.689. The van der Waals surface area contributed by atoms with Crippen LogP contribution in [0.1, 0.15) is 30.9 Å². The zero-order valence-electron chi connectivity index (χ0n) is 16.3. The van der Waals surface area contributed by atoms with E-state index in [1.165, 1.54) is 6.07 Å². The highest BCUT2D eigenvalue weighted by molar-refractivity contribution is 7.89. The van der Waals surface area contributed by atoms with E-state index in [-0.39, 0.29) is 29.7 Å². The zero-order valence-corrected chi connectivity index (χ0v) is 17.2. The van der Waals surface area contributed by atoms with Crippen molar-refractivity contribution in [2.24, 2.45) is 0 Å². The van der Waals surface area contributed by atoms with Gasteiger partial charge in [0.05, 0.1) is 4.90 Å². The third-order valence-electron chi connectivity index (χ3n) is 4.84. The third-order valence-corrected chi connectivity index (χ3v) is 6.30. The van der Waals surface area contributed by atoms with Crippen molar-refractivity contribution < 1.29 is 18.0 Å². The molecule has 0 unspecified atom stereocenters. The molecule has 0 atom stereocenters. The number of sulfonamides is 1. The number of nitrogens with one attached hydrogen (secondary N) is 2. The first-order valence-corrected chi connectivity index (χ1v) is 11.1. The van der Waals surface area contributed by atoms with Gasteiger partial charge in [-0.15, -0.1) is 0 Å². The molecule has 3 rings (SSSR count). The molecular formula is C21H25N3O4S. The molecule has 0 spiro atoms. The lowest BCUT2D eigenvalue weighted by molar-refractivity contribution is -0.121. The van der Waals surface area contributed by atoms with Crippen molar-refractivity contribution in [2.45, 2.75) is 37.6 Å². The lowest BCUT2D eigenvalue weighted by atomic mass is 10.2. The molecule has 154 valence electrons. The molecule has 0 aliphatic carbocycles. The van der Waals surface area contributed by atoms with Crippen LogP contribution in [0.3, 0.4) is 0 Å². The van der Waals surface area contributed by atoms with Gasteiger partial charge in [0.1, 0.15) is 0 Å². The van der Waals surface area contributed by atoms with E-state index < -0.39 is 10.0 Å². The predicted molar refractivity (Wildman–Crippen MR) is 111 cm³/mol. The Labute approximate surface area is 171 Å². The summed E-state index contributed by atoms with van der Waals surface area (Å²) in [6.07, 6.45) is 1.09. The van der Waals surface area contributed by atoms with E-state index in [2.05, 4.69) is 10.0 Å². The molecule has 0 saturated carbocycles. The molecule has 2 aromatic carbocycles. The van der Waals surface area contributed by atoms with Gasteiger partial charge < -0.3 is 10.2 Å². The van der Waals surface area contributed by atoms with Crippen LogP contribution in [0.5, 0.6) is 0 Å². The molecular weight excluding hydrogens is 390 g/mol. The summed E-state index contributed by atoms with van der Waals surface area (Å²) in [5, 5.41) is 2.77. The van der Waals surface area contributed by atoms with E-state index in [9.17, 15) is 18.0 Å². The molecule has 29 heavy (non-hydrogen) atoms. The maximum Gasteiger partial charge on any atom is 0.240 e. The van der Waals surface area contributed by atoms with Gasteiger partial charge in [-0.2, -0.15) is 0 Å². The van der Waals surface area contributed by atoms with Crippen molar-refractivity contribution in [2.75, 3.05) is 18.0 Å². The molecule has 0 saturated heterocycles. The Hall–Kier alpha value is -2.71. The van der Waals surface area contributed by atoms with E-state index in [0.29, 0.717) is 25.9 Å². The number of benzene rings is 2. The number of anilines is 1. The number of carbonyl (C=O) groups is 2. The lowest BCUT2D eigenvalue weighted by Crippen LogP contribution is -2.30. The minimum absolute atomic E-state index is 0.0144. The van der Waals surface area contributed by atoms with Crippen LogP contribution >= 0.6 is 0 Å². The zero-order chi connectivity index (χ0) is 20.9. The second-order valence-electron chi connectivity index (χ2n) is 6.85. The van der Waals surface area contributed by atoms with Crippen LogP contribution in [0.15, 0.2) is 53.4 Å². The van der Waals surface area contributed by atoms with E-state index in [1.54, 1.807) is 24.0 Å². The average molecular weight is 416 g/mol. The second kappa shape index (κ2) is 9.19. The van der Waals surface area contributed by atoms with Crippen LogP contribution in [0.4, 0.5) is 5.69 Å². The molecule has 8 heteroatoms. The van der Waals surface area contributed by atoms with Gasteiger partial charge in [-0.1, -0.05) is 37.3 Å². The molecule has 2 aromatic rings. The molecule has 1 heterocycles. The molecule has 1 aliphatic heterocycles. The summed E-state index contributed by atoms with van der Waals surface area (Å²) in [5.41, 5.74) is 2.60. The van der Waals surface area contributed by atoms with Crippen molar-refractivity contribution in [3.8, 4) is 0 Å². The SMILES string of the molecule is CCC(=O)N1CCc2cc(S(=O)(=O)NCCC(=O)NCc3ccccc3)ccc21. The van der Waals surface area contributed by atoms with Crippen LogP contribution in [-0.2, 0) is 32.6 Å². The van der Waals surface area contributed by atoms with E-state index in [0.717, 1.165) is 16.8 Å². The smallest absolute Gasteiger partial charge is 0.240 e. The second-order valence-corrected chi connectivity index (χ2v) is 8.62. The fraction of sp³-hybridized carbons (Fsp3) is 0.333. The molecule has 2 N–H and O–H groups in total. The average Bonchev–Trinajstić information content (AvgIpc) is 3.15. The summed E-state index contributed by atoms with van der Waals surface area (Å²) >= 11 is 0. The fourth-order valence-corrected chi connectivity index (χ4v) is 4.34. The van der Waals surface area contributed by atoms with Gasteiger partial charge in [0.2, 0.25) is 21.8 Å². The van der Waals surface area contributed by atoms with Gasteiger partial charge in [0.15, 0.2) is 0 Å². The lowest BCUT2D eigenvalue weighted by Gasteiger charge is -2.16. The summed E-state index contributed by atoms with van der Waals surface area (Å²) in [4.78, 5) is 25.7. The van der Waals surface area contributed by atoms with Crippen LogP contribution in [0, 0.1) is 0 Å². The van der Waals surface area contributed by atoms with Gasteiger partial charge in [0.25, 0.3) is 0 Å². The number of fused-ring (bicyclic) bond motifs is 1. The highest BCUT2D eigenvalue weighted by Gasteiger charge is 2.25. The monoisotopic (exact) mass is 415 g/mol. The van der Waals surface area contributed by atoms with Crippen LogP contribution in [0.25, 0.3) is 0 Å². The number of rotatable bonds is 8. The number of hydrogen-bond donors (Lipinski definition) is 2. The van der Waals surface area contributed by atoms with E-state index >= 15 is 0 Å². The summed E-state index contributed by atoms with van der Waals surface area (Å²) in [7, 11) is -3.72. The van der Waals surface area contributed by atoms with E-state index in [4.69, 9.17) is 0 Å². The van der Waals surface area contributed by atoms with Gasteiger partial charge in [-0.3, -0.25) is 9.59 Å². The van der Waals surface area contributed by atoms with Crippen LogP contribution in [0.2, 0.25) is 0 Å². The van der Waals surface area contributed by atoms with Gasteiger partial charge in [-0.05, 0) is 35.7 Å². The van der Waals surface area contributed by atoms with Gasteiger partial charge in [-0.25, -0.2) is 13.1 Å². The van der Waals surface area contributed by atoms with Gasteiger partial charge in [0, 0.05) is 38.2 Å². The maximum atomic E-state index is 12.5. The normalized spacial score (nSPS) is 13.2. The number of amides is 2. The Morgan fingerprint density at radius 1 is 1.10 bits per heavy atom. The first-order valence-electron chi connectivity index (χ1n) is 9.64. The maximum absolute atomic E-state index is 12.5. The number of hydrogen-bond acceptors (Lipinski definition) is 4. The molecule has 1 aliphatic rings. The van der Waals surface area contributed by atoms with Crippen molar-refractivity contribution in [1.82, 2.24) is 10.0 Å². The Bertz CT molecular complexity index is 990. The molecule has 0 bridgehead atoms. The minimum Gasteiger partial charge on any atom is -0.352 e. The Kier molecular flexibility index (Phi) is 6.66. The molecule has 0 fully saturated rings. The van der Waals surface area contributed by atoms with Crippen molar-refractivity contribution in [3.63, 3.8) is 0 Å². The minimum atomic E-state index is -3.72. The van der Waals surface area contributed by atoms with Gasteiger partial charge >= 0.3 is 0 Å². The largest absolute Gasteiger partial charge is 0.352 e. The topological polar surface area (TPSA) is 95.6 Å². The molecule has 0 radical (unpaired) electrons. The predicted octanol–water partition coefficient (Wildman–Crippen LogP) is 1.97. The molecule has 0 aromatic heterocycles. The third kappa shape index (κ3) is 5.21. The van der Waals surface area contributed by atoms with Crippen molar-refractivity contribution >= 4 is 27.5 Å². The highest BCUT2D eigenvalue weighted by Crippen LogP contribution is 2.30. The van der Waals surface area contributed by atoms with Crippen molar-refractivity contribution in [3.05, 3.63) is 59.7 Å². The number of nitrogens with zero attached hydrogens (tertiary/aromatic N) is 1. The summed E-state index contributed by atoms with van der Waals surface area (Å²) in [6.45, 7) is 2.80. The number of carbonyl (C=O) groups excluding carboxylic acids is 2. The first-order chi connectivity index (χ1) is 13.9. The summed E-state index contributed by atoms with van der Waals surface area (Å²) in [5.74, 6) is -0.196. The first kappa shape index (κ1) is 21.0. The Balaban J connectivity index is 1.53. The van der Waals surface area contributed by atoms with E-state index in [1.807, 2.05) is 30.3 Å². The fourth-order valence-electron chi connectivity index (χ4n) is 3.26. The van der Waals surface area contributed by atoms with Crippen LogP contribution in [-0.4, -0.2) is 33.3 Å². The van der Waals surface area contributed by atoms with Crippen molar-refractivity contribution in [1.29, 1.82) is 0 Å². The highest BCUT2D eigenvalue weighted by atomic mass is 32.2. The van der Waals surface area contributed by atoms with Crippen LogP contribution < -0.4 is 14.9 Å².